The second kappa shape index (κ2) is 40.4. The van der Waals surface area contributed by atoms with Gasteiger partial charge in [-0.05, 0) is 57.8 Å². The molecular formula is C48H78N6O24. The summed E-state index contributed by atoms with van der Waals surface area (Å²) in [5.41, 5.74) is -0.681. The van der Waals surface area contributed by atoms with E-state index in [1.54, 1.807) is 0 Å². The van der Waals surface area contributed by atoms with Crippen molar-refractivity contribution in [2.24, 2.45) is 0 Å². The zero-order chi connectivity index (χ0) is 59.2. The number of hydrogen-bond donors (Lipinski definition) is 12. The Morgan fingerprint density at radius 2 is 0.744 bits per heavy atom. The molecule has 0 saturated carbocycles. The van der Waals surface area contributed by atoms with Crippen molar-refractivity contribution in [1.82, 2.24) is 30.7 Å². The molecule has 3 unspecified atom stereocenters. The van der Waals surface area contributed by atoms with Gasteiger partial charge in [-0.1, -0.05) is 26.3 Å². The molecule has 0 heterocycles. The number of carbonyl (C=O) groups excluding carboxylic acids is 3. The Morgan fingerprint density at radius 1 is 0.436 bits per heavy atom. The molecule has 78 heavy (non-hydrogen) atoms. The number of nitrogens with zero attached hydrogens (tertiary/aromatic N) is 3. The van der Waals surface area contributed by atoms with Crippen molar-refractivity contribution in [2.75, 3.05) is 92.0 Å². The standard InChI is InChI=1S/C48H78N6O24/c1-3-32(2)51-48(29-76-20-15-33(55)11-5-4-6-12-34(45(70)71)52(23-39(58)59)24-40(60)61,30-77-21-16-37(56)49-18-9-7-13-35(46(72)73)53(25-41(62)63)26-42(64)65)31-78-22-17-38(57)50-19-10-8-14-36(47(74)75)54(27-43(66)67)28-44(68)69/h34-36,51H,2-31H2,1H3,(H,49,56)(H,50,57)(H,58,59)(H,60,61)(H,62,63)(H,64,65)(H,66,67)(H,68,69)(H,70,71)(H,72,73)(H,74,75). The van der Waals surface area contributed by atoms with Gasteiger partial charge in [0.1, 0.15) is 29.4 Å². The highest BCUT2D eigenvalue weighted by Gasteiger charge is 2.34. The van der Waals surface area contributed by atoms with Gasteiger partial charge >= 0.3 is 53.7 Å². The average Bonchev–Trinajstić information content (AvgIpc) is 3.32. The van der Waals surface area contributed by atoms with E-state index in [0.29, 0.717) is 25.0 Å². The van der Waals surface area contributed by atoms with Gasteiger partial charge in [-0.15, -0.1) is 0 Å². The molecule has 0 radical (unpaired) electrons. The van der Waals surface area contributed by atoms with Gasteiger partial charge in [0.05, 0.1) is 78.9 Å². The third-order valence-corrected chi connectivity index (χ3v) is 11.6. The highest BCUT2D eigenvalue weighted by Crippen LogP contribution is 2.17. The molecule has 0 aliphatic rings. The minimum absolute atomic E-state index is 0.0324. The molecular weight excluding hydrogens is 1040 g/mol. The fourth-order valence-electron chi connectivity index (χ4n) is 7.79. The van der Waals surface area contributed by atoms with E-state index in [4.69, 9.17) is 44.8 Å². The number of carboxylic acid groups (broad SMARTS) is 9. The lowest BCUT2D eigenvalue weighted by Gasteiger charge is -2.36. The predicted octanol–water partition coefficient (Wildman–Crippen LogP) is -0.676. The quantitative estimate of drug-likeness (QED) is 0.0336. The number of unbranched alkanes of at least 4 members (excludes halogenated alkanes) is 4. The highest BCUT2D eigenvalue weighted by atomic mass is 16.5. The number of allylic oxidation sites excluding steroid dienone is 1. The number of carboxylic acids is 9. The number of Topliss-reactive ketones (excluding diaryl/α,β-unsaturated/α-hetero) is 1. The molecule has 0 fully saturated rings. The maximum absolute atomic E-state index is 12.8. The van der Waals surface area contributed by atoms with Crippen molar-refractivity contribution in [1.29, 1.82) is 0 Å². The lowest BCUT2D eigenvalue weighted by atomic mass is 10.0. The number of aliphatic carboxylic acids is 9. The summed E-state index contributed by atoms with van der Waals surface area (Å²) < 4.78 is 17.8. The van der Waals surface area contributed by atoms with Crippen molar-refractivity contribution in [3.63, 3.8) is 0 Å². The van der Waals surface area contributed by atoms with Crippen LogP contribution < -0.4 is 16.0 Å². The van der Waals surface area contributed by atoms with Crippen molar-refractivity contribution in [2.45, 2.75) is 127 Å². The van der Waals surface area contributed by atoms with E-state index in [1.165, 1.54) is 0 Å². The van der Waals surface area contributed by atoms with Gasteiger partial charge in [0.15, 0.2) is 0 Å². The molecule has 0 bridgehead atoms. The van der Waals surface area contributed by atoms with Crippen LogP contribution in [0.4, 0.5) is 0 Å². The smallest absolute Gasteiger partial charge is 0.320 e. The van der Waals surface area contributed by atoms with E-state index in [1.807, 2.05) is 6.92 Å². The first-order chi connectivity index (χ1) is 36.7. The zero-order valence-electron chi connectivity index (χ0n) is 43.9. The lowest BCUT2D eigenvalue weighted by Crippen LogP contribution is -2.56. The molecule has 12 N–H and O–H groups in total. The zero-order valence-corrected chi connectivity index (χ0v) is 43.9. The van der Waals surface area contributed by atoms with Crippen LogP contribution in [0.1, 0.15) is 103 Å². The monoisotopic (exact) mass is 1120 g/mol. The van der Waals surface area contributed by atoms with Crippen LogP contribution in [0.2, 0.25) is 0 Å². The largest absolute Gasteiger partial charge is 0.480 e. The van der Waals surface area contributed by atoms with Gasteiger partial charge in [0.2, 0.25) is 11.8 Å². The SMILES string of the molecule is C=C(CC)NC(COCCC(=O)CCCCCC(C(=O)O)N(CC(=O)O)CC(=O)O)(COCCC(=O)NCCCCC(C(=O)O)N(CC(=O)O)CC(=O)O)COCCC(=O)NCCCCC(C(=O)O)N(CC(=O)O)CC(=O)O. The van der Waals surface area contributed by atoms with E-state index in [-0.39, 0.29) is 136 Å². The molecule has 0 rings (SSSR count). The Balaban J connectivity index is 5.66. The third-order valence-electron chi connectivity index (χ3n) is 11.6. The summed E-state index contributed by atoms with van der Waals surface area (Å²) in [6, 6.07) is -4.14. The number of hydrogen-bond acceptors (Lipinski definition) is 19. The van der Waals surface area contributed by atoms with Crippen LogP contribution in [0.5, 0.6) is 0 Å². The Bertz CT molecular complexity index is 1740. The fraction of sp³-hybridized carbons (Fsp3) is 0.708. The van der Waals surface area contributed by atoms with Gasteiger partial charge in [0, 0.05) is 44.5 Å². The molecule has 0 aliphatic heterocycles. The molecule has 444 valence electrons. The van der Waals surface area contributed by atoms with Gasteiger partial charge < -0.3 is 76.1 Å². The normalized spacial score (nSPS) is 13.2. The average molecular weight is 1120 g/mol. The van der Waals surface area contributed by atoms with E-state index in [9.17, 15) is 72.9 Å². The van der Waals surface area contributed by atoms with Gasteiger partial charge in [-0.25, -0.2) is 0 Å². The first kappa shape index (κ1) is 71.1. The summed E-state index contributed by atoms with van der Waals surface area (Å²) in [5, 5.41) is 92.1. The molecule has 3 atom stereocenters. The molecule has 30 nitrogen and oxygen atoms in total. The molecule has 2 amide bonds. The molecule has 0 saturated heterocycles. The van der Waals surface area contributed by atoms with E-state index >= 15 is 0 Å². The summed E-state index contributed by atoms with van der Waals surface area (Å²) >= 11 is 0. The minimum Gasteiger partial charge on any atom is -0.480 e. The van der Waals surface area contributed by atoms with Crippen LogP contribution in [0, 0.1) is 0 Å². The number of amides is 2. The maximum atomic E-state index is 12.8. The van der Waals surface area contributed by atoms with E-state index < -0.39 is 128 Å². The second-order valence-electron chi connectivity index (χ2n) is 18.2. The predicted molar refractivity (Wildman–Crippen MR) is 268 cm³/mol. The Morgan fingerprint density at radius 3 is 1.04 bits per heavy atom. The number of nitrogens with one attached hydrogen (secondary N) is 3. The molecule has 0 aromatic heterocycles. The summed E-state index contributed by atoms with van der Waals surface area (Å²) in [4.78, 5) is 143. The Labute approximate surface area is 450 Å². The van der Waals surface area contributed by atoms with E-state index in [2.05, 4.69) is 22.5 Å². The number of carbonyl (C=O) groups is 12. The summed E-state index contributed by atoms with van der Waals surface area (Å²) in [6.07, 6.45) is 1.99. The van der Waals surface area contributed by atoms with Crippen molar-refractivity contribution in [3.8, 4) is 0 Å². The Kier molecular flexibility index (Phi) is 36.8. The van der Waals surface area contributed by atoms with E-state index in [0.717, 1.165) is 14.7 Å². The van der Waals surface area contributed by atoms with Crippen molar-refractivity contribution >= 4 is 71.3 Å². The lowest BCUT2D eigenvalue weighted by molar-refractivity contribution is -0.152. The van der Waals surface area contributed by atoms with Crippen LogP contribution in [0.25, 0.3) is 0 Å². The first-order valence-corrected chi connectivity index (χ1v) is 25.2. The number of rotatable bonds is 52. The number of ketones is 1. The van der Waals surface area contributed by atoms with Crippen molar-refractivity contribution in [3.05, 3.63) is 12.3 Å². The molecule has 0 aromatic rings. The summed E-state index contributed by atoms with van der Waals surface area (Å²) in [6.45, 7) is 0.515. The Hall–Kier alpha value is -6.86. The minimum atomic E-state index is -1.40. The summed E-state index contributed by atoms with van der Waals surface area (Å²) in [5.74, 6) is -13.6. The molecule has 0 spiro atoms. The van der Waals surface area contributed by atoms with Crippen LogP contribution >= 0.6 is 0 Å². The second-order valence-corrected chi connectivity index (χ2v) is 18.2. The van der Waals surface area contributed by atoms with Gasteiger partial charge in [-0.2, -0.15) is 0 Å². The van der Waals surface area contributed by atoms with Crippen LogP contribution in [0.15, 0.2) is 12.3 Å². The van der Waals surface area contributed by atoms with Crippen molar-refractivity contribution < 1.29 is 118 Å². The fourth-order valence-corrected chi connectivity index (χ4v) is 7.79. The van der Waals surface area contributed by atoms with Crippen LogP contribution in [-0.4, -0.2) is 248 Å². The third kappa shape index (κ3) is 34.7. The van der Waals surface area contributed by atoms with Gasteiger partial charge in [0.25, 0.3) is 0 Å². The molecule has 0 aromatic carbocycles. The van der Waals surface area contributed by atoms with Crippen LogP contribution in [-0.2, 0) is 71.7 Å². The highest BCUT2D eigenvalue weighted by molar-refractivity contribution is 5.80. The maximum Gasteiger partial charge on any atom is 0.320 e. The molecule has 0 aliphatic carbocycles. The summed E-state index contributed by atoms with van der Waals surface area (Å²) in [7, 11) is 0. The molecule has 30 heteroatoms. The topological polar surface area (TPSA) is 460 Å². The van der Waals surface area contributed by atoms with Gasteiger partial charge in [-0.3, -0.25) is 72.2 Å². The number of ether oxygens (including phenoxy) is 3. The van der Waals surface area contributed by atoms with Crippen LogP contribution in [0.3, 0.4) is 0 Å². The first-order valence-electron chi connectivity index (χ1n) is 25.2.